The van der Waals surface area contributed by atoms with Crippen LogP contribution in [0.2, 0.25) is 0 Å². The van der Waals surface area contributed by atoms with E-state index in [9.17, 15) is 22.8 Å². The fourth-order valence-electron chi connectivity index (χ4n) is 2.75. The number of nitrogens with zero attached hydrogens (tertiary/aromatic N) is 2. The number of anilines is 1. The fourth-order valence-corrected chi connectivity index (χ4v) is 2.75. The van der Waals surface area contributed by atoms with Gasteiger partial charge in [0.05, 0.1) is 12.1 Å². The van der Waals surface area contributed by atoms with E-state index in [2.05, 4.69) is 15.5 Å². The molecule has 0 bridgehead atoms. The molecule has 0 aliphatic carbocycles. The van der Waals surface area contributed by atoms with Crippen LogP contribution in [0.5, 0.6) is 0 Å². The van der Waals surface area contributed by atoms with Crippen LogP contribution in [0.3, 0.4) is 0 Å². The Morgan fingerprint density at radius 3 is 2.84 bits per heavy atom. The number of halogens is 3. The molecule has 2 heterocycles. The summed E-state index contributed by atoms with van der Waals surface area (Å²) in [5.41, 5.74) is 2.17. The number of amides is 2. The van der Waals surface area contributed by atoms with Gasteiger partial charge in [0, 0.05) is 30.4 Å². The number of carbonyl (C=O) groups excluding carboxylic acids is 2. The van der Waals surface area contributed by atoms with Crippen LogP contribution in [0.15, 0.2) is 36.7 Å². The van der Waals surface area contributed by atoms with E-state index in [1.165, 1.54) is 0 Å². The number of benzene rings is 1. The molecule has 1 saturated heterocycles. The Balaban J connectivity index is 1.65. The van der Waals surface area contributed by atoms with Gasteiger partial charge in [0.25, 0.3) is 0 Å². The highest BCUT2D eigenvalue weighted by atomic mass is 19.4. The van der Waals surface area contributed by atoms with Gasteiger partial charge in [-0.25, -0.2) is 0 Å². The summed E-state index contributed by atoms with van der Waals surface area (Å²) in [7, 11) is 0. The van der Waals surface area contributed by atoms with E-state index < -0.39 is 30.5 Å². The minimum absolute atomic E-state index is 0.219. The zero-order valence-corrected chi connectivity index (χ0v) is 13.0. The van der Waals surface area contributed by atoms with Crippen molar-refractivity contribution < 1.29 is 22.8 Å². The third-order valence-electron chi connectivity index (χ3n) is 3.92. The molecule has 2 N–H and O–H groups in total. The lowest BCUT2D eigenvalue weighted by atomic mass is 10.1. The van der Waals surface area contributed by atoms with Crippen molar-refractivity contribution in [2.75, 3.05) is 18.4 Å². The molecule has 1 unspecified atom stereocenters. The van der Waals surface area contributed by atoms with Gasteiger partial charge in [0.15, 0.2) is 0 Å². The number of rotatable bonds is 4. The van der Waals surface area contributed by atoms with Crippen LogP contribution in [-0.4, -0.2) is 46.2 Å². The number of aromatic nitrogens is 2. The molecule has 2 amide bonds. The summed E-state index contributed by atoms with van der Waals surface area (Å²) in [6.07, 6.45) is -1.36. The summed E-state index contributed by atoms with van der Waals surface area (Å²) < 4.78 is 37.3. The maximum absolute atomic E-state index is 12.4. The molecule has 1 aliphatic rings. The second kappa shape index (κ2) is 6.58. The number of nitrogens with one attached hydrogen (secondary N) is 2. The van der Waals surface area contributed by atoms with Crippen molar-refractivity contribution in [1.29, 1.82) is 0 Å². The minimum atomic E-state index is -4.47. The van der Waals surface area contributed by atoms with E-state index in [0.29, 0.717) is 10.6 Å². The zero-order valence-electron chi connectivity index (χ0n) is 13.0. The molecular weight excluding hydrogens is 337 g/mol. The van der Waals surface area contributed by atoms with Gasteiger partial charge in [-0.3, -0.25) is 14.7 Å². The first-order valence-electron chi connectivity index (χ1n) is 7.56. The fraction of sp³-hybridized carbons (Fsp3) is 0.312. The van der Waals surface area contributed by atoms with Gasteiger partial charge < -0.3 is 10.2 Å². The third kappa shape index (κ3) is 4.17. The molecule has 132 valence electrons. The van der Waals surface area contributed by atoms with Crippen LogP contribution in [0.25, 0.3) is 11.1 Å². The zero-order chi connectivity index (χ0) is 18.0. The lowest BCUT2D eigenvalue weighted by molar-refractivity contribution is -0.157. The van der Waals surface area contributed by atoms with Crippen LogP contribution in [0.1, 0.15) is 6.42 Å². The van der Waals surface area contributed by atoms with Gasteiger partial charge in [0.2, 0.25) is 11.8 Å². The van der Waals surface area contributed by atoms with Gasteiger partial charge in [-0.1, -0.05) is 12.1 Å². The van der Waals surface area contributed by atoms with Crippen molar-refractivity contribution in [3.8, 4) is 11.1 Å². The molecule has 1 aromatic carbocycles. The van der Waals surface area contributed by atoms with Gasteiger partial charge in [-0.15, -0.1) is 0 Å². The van der Waals surface area contributed by atoms with Crippen LogP contribution in [0, 0.1) is 5.92 Å². The average Bonchev–Trinajstić information content (AvgIpc) is 3.17. The Kier molecular flexibility index (Phi) is 4.47. The first kappa shape index (κ1) is 17.0. The molecule has 0 radical (unpaired) electrons. The molecule has 0 saturated carbocycles. The second-order valence-corrected chi connectivity index (χ2v) is 5.85. The molecule has 1 aliphatic heterocycles. The van der Waals surface area contributed by atoms with E-state index in [0.717, 1.165) is 11.1 Å². The Morgan fingerprint density at radius 2 is 2.16 bits per heavy atom. The monoisotopic (exact) mass is 352 g/mol. The lowest BCUT2D eigenvalue weighted by Crippen LogP contribution is -2.36. The van der Waals surface area contributed by atoms with Crippen molar-refractivity contribution in [1.82, 2.24) is 15.1 Å². The van der Waals surface area contributed by atoms with Gasteiger partial charge in [-0.05, 0) is 17.7 Å². The molecular formula is C16H15F3N4O2. The maximum atomic E-state index is 12.4. The number of H-pyrrole nitrogens is 1. The van der Waals surface area contributed by atoms with E-state index in [4.69, 9.17) is 0 Å². The van der Waals surface area contributed by atoms with Gasteiger partial charge in [-0.2, -0.15) is 18.3 Å². The predicted octanol–water partition coefficient (Wildman–Crippen LogP) is 2.43. The number of carbonyl (C=O) groups is 2. The highest BCUT2D eigenvalue weighted by Gasteiger charge is 2.40. The Hall–Kier alpha value is -2.84. The standard InChI is InChI=1S/C16H15F3N4O2/c17-16(18,19)9-23-8-11(5-14(23)24)15(25)22-13-3-1-2-10(4-13)12-6-20-21-7-12/h1-4,6-7,11H,5,8-9H2,(H,20,21)(H,22,25). The van der Waals surface area contributed by atoms with Crippen LogP contribution in [0.4, 0.5) is 18.9 Å². The SMILES string of the molecule is O=C(Nc1cccc(-c2cn[nH]c2)c1)C1CC(=O)N(CC(F)(F)F)C1. The molecule has 1 aromatic heterocycles. The molecule has 1 atom stereocenters. The van der Waals surface area contributed by atoms with Crippen LogP contribution < -0.4 is 5.32 Å². The summed E-state index contributed by atoms with van der Waals surface area (Å²) in [5, 5.41) is 9.20. The van der Waals surface area contributed by atoms with Crippen LogP contribution >= 0.6 is 0 Å². The van der Waals surface area contributed by atoms with E-state index >= 15 is 0 Å². The number of hydrogen-bond acceptors (Lipinski definition) is 3. The quantitative estimate of drug-likeness (QED) is 0.887. The van der Waals surface area contributed by atoms with E-state index in [1.54, 1.807) is 30.6 Å². The second-order valence-electron chi connectivity index (χ2n) is 5.85. The number of alkyl halides is 3. The summed E-state index contributed by atoms with van der Waals surface area (Å²) in [4.78, 5) is 24.6. The van der Waals surface area contributed by atoms with Crippen molar-refractivity contribution >= 4 is 17.5 Å². The molecule has 1 fully saturated rings. The number of aromatic amines is 1. The summed E-state index contributed by atoms with van der Waals surface area (Å²) in [5.74, 6) is -1.93. The topological polar surface area (TPSA) is 78.1 Å². The van der Waals surface area contributed by atoms with Gasteiger partial charge in [0.1, 0.15) is 6.54 Å². The lowest BCUT2D eigenvalue weighted by Gasteiger charge is -2.18. The largest absolute Gasteiger partial charge is 0.406 e. The molecule has 9 heteroatoms. The summed E-state index contributed by atoms with van der Waals surface area (Å²) >= 11 is 0. The molecule has 6 nitrogen and oxygen atoms in total. The molecule has 25 heavy (non-hydrogen) atoms. The summed E-state index contributed by atoms with van der Waals surface area (Å²) in [6, 6.07) is 6.98. The van der Waals surface area contributed by atoms with Crippen molar-refractivity contribution in [2.45, 2.75) is 12.6 Å². The third-order valence-corrected chi connectivity index (χ3v) is 3.92. The minimum Gasteiger partial charge on any atom is -0.333 e. The maximum Gasteiger partial charge on any atom is 0.406 e. The Bertz CT molecular complexity index is 774. The van der Waals surface area contributed by atoms with Gasteiger partial charge >= 0.3 is 6.18 Å². The first-order chi connectivity index (χ1) is 11.8. The highest BCUT2D eigenvalue weighted by Crippen LogP contribution is 2.26. The predicted molar refractivity (Wildman–Crippen MR) is 83.4 cm³/mol. The Morgan fingerprint density at radius 1 is 1.36 bits per heavy atom. The van der Waals surface area contributed by atoms with Crippen LogP contribution in [-0.2, 0) is 9.59 Å². The molecule has 0 spiro atoms. The Labute approximate surface area is 141 Å². The number of hydrogen-bond donors (Lipinski definition) is 2. The summed E-state index contributed by atoms with van der Waals surface area (Å²) in [6.45, 7) is -1.56. The smallest absolute Gasteiger partial charge is 0.333 e. The van der Waals surface area contributed by atoms with E-state index in [-0.39, 0.29) is 13.0 Å². The molecule has 3 rings (SSSR count). The van der Waals surface area contributed by atoms with E-state index in [1.807, 2.05) is 6.07 Å². The average molecular weight is 352 g/mol. The van der Waals surface area contributed by atoms with Crippen molar-refractivity contribution in [3.63, 3.8) is 0 Å². The number of likely N-dealkylation sites (tertiary alicyclic amines) is 1. The highest BCUT2D eigenvalue weighted by molar-refractivity contribution is 5.97. The van der Waals surface area contributed by atoms with Crippen molar-refractivity contribution in [2.24, 2.45) is 5.92 Å². The first-order valence-corrected chi connectivity index (χ1v) is 7.56. The normalized spacial score (nSPS) is 17.8. The van der Waals surface area contributed by atoms with Crippen molar-refractivity contribution in [3.05, 3.63) is 36.7 Å². The molecule has 2 aromatic rings.